The Bertz CT molecular complexity index is 310. The van der Waals surface area contributed by atoms with Gasteiger partial charge in [-0.15, -0.1) is 0 Å². The van der Waals surface area contributed by atoms with E-state index in [2.05, 4.69) is 0 Å². The van der Waals surface area contributed by atoms with Crippen molar-refractivity contribution in [1.29, 1.82) is 0 Å². The molecule has 0 aromatic heterocycles. The summed E-state index contributed by atoms with van der Waals surface area (Å²) in [6, 6.07) is 6.80. The monoisotopic (exact) mass is 232 g/mol. The molecule has 0 heterocycles. The molecule has 1 aromatic carbocycles. The van der Waals surface area contributed by atoms with Gasteiger partial charge in [0, 0.05) is 5.02 Å². The molecule has 0 fully saturated rings. The van der Waals surface area contributed by atoms with Crippen LogP contribution < -0.4 is 4.74 Å². The van der Waals surface area contributed by atoms with Crippen molar-refractivity contribution >= 4 is 17.6 Å². The molecule has 3 N–H and O–H groups in total. The molecule has 1 aromatic rings. The summed E-state index contributed by atoms with van der Waals surface area (Å²) >= 11 is 5.68. The third kappa shape index (κ3) is 4.67. The highest BCUT2D eigenvalue weighted by atomic mass is 35.5. The van der Waals surface area contributed by atoms with Crippen LogP contribution in [0.25, 0.3) is 0 Å². The molecule has 0 spiro atoms. The van der Waals surface area contributed by atoms with Gasteiger partial charge in [0.1, 0.15) is 12.4 Å². The van der Waals surface area contributed by atoms with Crippen LogP contribution in [0.5, 0.6) is 5.75 Å². The summed E-state index contributed by atoms with van der Waals surface area (Å²) in [6.45, 7) is 1.76. The summed E-state index contributed by atoms with van der Waals surface area (Å²) in [5, 5.41) is 9.23. The lowest BCUT2D eigenvalue weighted by Gasteiger charge is -2.08. The van der Waals surface area contributed by atoms with Gasteiger partial charge < -0.3 is 15.3 Å². The zero-order chi connectivity index (χ0) is 10.6. The first-order valence-corrected chi connectivity index (χ1v) is 4.58. The highest BCUT2D eigenvalue weighted by Gasteiger charge is 2.11. The van der Waals surface area contributed by atoms with Gasteiger partial charge in [0.2, 0.25) is 0 Å². The minimum Gasteiger partial charge on any atom is -0.493 e. The lowest BCUT2D eigenvalue weighted by Crippen LogP contribution is -2.17. The first-order valence-electron chi connectivity index (χ1n) is 4.21. The number of carboxylic acid groups (broad SMARTS) is 1. The number of ether oxygens (including phenoxy) is 1. The van der Waals surface area contributed by atoms with Crippen LogP contribution in [0.15, 0.2) is 24.3 Å². The van der Waals surface area contributed by atoms with Crippen molar-refractivity contribution in [2.24, 2.45) is 5.92 Å². The highest BCUT2D eigenvalue weighted by Crippen LogP contribution is 2.16. The van der Waals surface area contributed by atoms with Gasteiger partial charge in [0.15, 0.2) is 0 Å². The minimum absolute atomic E-state index is 0. The van der Waals surface area contributed by atoms with Gasteiger partial charge in [-0.05, 0) is 31.2 Å². The van der Waals surface area contributed by atoms with Crippen LogP contribution in [0.1, 0.15) is 6.92 Å². The Morgan fingerprint density at radius 1 is 1.47 bits per heavy atom. The molecule has 0 saturated carbocycles. The van der Waals surface area contributed by atoms with Crippen molar-refractivity contribution in [3.05, 3.63) is 29.3 Å². The maximum absolute atomic E-state index is 10.5. The fourth-order valence-electron chi connectivity index (χ4n) is 0.823. The van der Waals surface area contributed by atoms with Crippen LogP contribution >= 0.6 is 11.6 Å². The Balaban J connectivity index is 0.00000196. The third-order valence-corrected chi connectivity index (χ3v) is 1.99. The van der Waals surface area contributed by atoms with E-state index in [1.807, 2.05) is 0 Å². The van der Waals surface area contributed by atoms with Crippen molar-refractivity contribution in [3.63, 3.8) is 0 Å². The molecule has 1 unspecified atom stereocenters. The molecular formula is C10H13ClO4. The first-order chi connectivity index (χ1) is 6.59. The van der Waals surface area contributed by atoms with E-state index in [0.717, 1.165) is 0 Å². The number of carboxylic acids is 1. The van der Waals surface area contributed by atoms with E-state index in [-0.39, 0.29) is 12.1 Å². The maximum Gasteiger partial charge on any atom is 0.309 e. The van der Waals surface area contributed by atoms with Gasteiger partial charge in [0.25, 0.3) is 0 Å². The maximum atomic E-state index is 10.5. The number of hydrogen-bond donors (Lipinski definition) is 1. The number of aliphatic carboxylic acids is 1. The van der Waals surface area contributed by atoms with Gasteiger partial charge >= 0.3 is 5.97 Å². The van der Waals surface area contributed by atoms with E-state index in [1.54, 1.807) is 31.2 Å². The van der Waals surface area contributed by atoms with Crippen LogP contribution in [-0.2, 0) is 4.79 Å². The SMILES string of the molecule is CC(COc1ccc(Cl)cc1)C(=O)O.O. The second-order valence-electron chi connectivity index (χ2n) is 3.00. The van der Waals surface area contributed by atoms with E-state index in [4.69, 9.17) is 21.4 Å². The normalized spacial score (nSPS) is 11.3. The molecule has 15 heavy (non-hydrogen) atoms. The van der Waals surface area contributed by atoms with E-state index >= 15 is 0 Å². The third-order valence-electron chi connectivity index (χ3n) is 1.74. The largest absolute Gasteiger partial charge is 0.493 e. The van der Waals surface area contributed by atoms with Crippen molar-refractivity contribution < 1.29 is 20.1 Å². The quantitative estimate of drug-likeness (QED) is 0.857. The fourth-order valence-corrected chi connectivity index (χ4v) is 0.949. The Hall–Kier alpha value is -1.26. The van der Waals surface area contributed by atoms with Crippen LogP contribution in [-0.4, -0.2) is 23.2 Å². The average molecular weight is 233 g/mol. The van der Waals surface area contributed by atoms with E-state index in [9.17, 15) is 4.79 Å². The molecular weight excluding hydrogens is 220 g/mol. The van der Waals surface area contributed by atoms with Gasteiger partial charge in [-0.25, -0.2) is 0 Å². The molecule has 1 rings (SSSR count). The molecule has 5 heteroatoms. The molecule has 4 nitrogen and oxygen atoms in total. The summed E-state index contributed by atoms with van der Waals surface area (Å²) < 4.78 is 5.24. The molecule has 1 atom stereocenters. The number of benzene rings is 1. The summed E-state index contributed by atoms with van der Waals surface area (Å²) in [5.74, 6) is -0.743. The number of halogens is 1. The van der Waals surface area contributed by atoms with Gasteiger partial charge in [-0.3, -0.25) is 4.79 Å². The number of hydrogen-bond acceptors (Lipinski definition) is 2. The molecule has 0 radical (unpaired) electrons. The summed E-state index contributed by atoms with van der Waals surface area (Å²) in [7, 11) is 0. The summed E-state index contributed by atoms with van der Waals surface area (Å²) in [4.78, 5) is 10.5. The second-order valence-corrected chi connectivity index (χ2v) is 3.44. The smallest absolute Gasteiger partial charge is 0.309 e. The summed E-state index contributed by atoms with van der Waals surface area (Å²) in [6.07, 6.45) is 0. The predicted molar refractivity (Wildman–Crippen MR) is 57.4 cm³/mol. The molecule has 0 aliphatic heterocycles. The zero-order valence-electron chi connectivity index (χ0n) is 8.24. The first kappa shape index (κ1) is 13.7. The van der Waals surface area contributed by atoms with Crippen LogP contribution in [0, 0.1) is 5.92 Å². The second kappa shape index (κ2) is 6.27. The summed E-state index contributed by atoms with van der Waals surface area (Å²) in [5.41, 5.74) is 0. The molecule has 0 bridgehead atoms. The van der Waals surface area contributed by atoms with Gasteiger partial charge in [-0.2, -0.15) is 0 Å². The topological polar surface area (TPSA) is 78.0 Å². The van der Waals surface area contributed by atoms with Crippen molar-refractivity contribution in [1.82, 2.24) is 0 Å². The Labute approximate surface area is 92.7 Å². The minimum atomic E-state index is -0.862. The van der Waals surface area contributed by atoms with Crippen LogP contribution in [0.4, 0.5) is 0 Å². The molecule has 84 valence electrons. The predicted octanol–water partition coefficient (Wildman–Crippen LogP) is 1.61. The molecule has 0 saturated heterocycles. The molecule has 0 aliphatic rings. The lowest BCUT2D eigenvalue weighted by atomic mass is 10.2. The average Bonchev–Trinajstić information content (AvgIpc) is 2.16. The van der Waals surface area contributed by atoms with Gasteiger partial charge in [0.05, 0.1) is 5.92 Å². The van der Waals surface area contributed by atoms with Gasteiger partial charge in [-0.1, -0.05) is 11.6 Å². The number of rotatable bonds is 4. The van der Waals surface area contributed by atoms with Crippen molar-refractivity contribution in [2.45, 2.75) is 6.92 Å². The van der Waals surface area contributed by atoms with E-state index in [0.29, 0.717) is 10.8 Å². The van der Waals surface area contributed by atoms with Crippen molar-refractivity contribution in [2.75, 3.05) is 6.61 Å². The standard InChI is InChI=1S/C10H11ClO3.H2O/c1-7(10(12)13)6-14-9-4-2-8(11)3-5-9;/h2-5,7H,6H2,1H3,(H,12,13);1H2. The Kier molecular flexibility index (Phi) is 5.74. The van der Waals surface area contributed by atoms with Crippen LogP contribution in [0.3, 0.4) is 0 Å². The lowest BCUT2D eigenvalue weighted by molar-refractivity contribution is -0.142. The Morgan fingerprint density at radius 2 is 2.00 bits per heavy atom. The Morgan fingerprint density at radius 3 is 2.47 bits per heavy atom. The van der Waals surface area contributed by atoms with E-state index < -0.39 is 11.9 Å². The molecule has 0 aliphatic carbocycles. The van der Waals surface area contributed by atoms with E-state index in [1.165, 1.54) is 0 Å². The fraction of sp³-hybridized carbons (Fsp3) is 0.300. The highest BCUT2D eigenvalue weighted by molar-refractivity contribution is 6.30. The number of carbonyl (C=O) groups is 1. The zero-order valence-corrected chi connectivity index (χ0v) is 8.99. The molecule has 0 amide bonds. The van der Waals surface area contributed by atoms with Crippen LogP contribution in [0.2, 0.25) is 5.02 Å². The van der Waals surface area contributed by atoms with Crippen molar-refractivity contribution in [3.8, 4) is 5.75 Å².